The molecule has 3 saturated carbocycles. The van der Waals surface area contributed by atoms with Gasteiger partial charge in [0.25, 0.3) is 5.91 Å². The molecule has 0 radical (unpaired) electrons. The van der Waals surface area contributed by atoms with Crippen LogP contribution in [0.25, 0.3) is 0 Å². The first-order chi connectivity index (χ1) is 15.3. The summed E-state index contributed by atoms with van der Waals surface area (Å²) in [5.74, 6) is 2.71. The van der Waals surface area contributed by atoms with Gasteiger partial charge in [0.1, 0.15) is 0 Å². The number of fused-ring (bicyclic) bond motifs is 5. The fourth-order valence-corrected chi connectivity index (χ4v) is 8.13. The van der Waals surface area contributed by atoms with Gasteiger partial charge in [-0.05, 0) is 110 Å². The zero-order valence-corrected chi connectivity index (χ0v) is 19.7. The summed E-state index contributed by atoms with van der Waals surface area (Å²) in [6.07, 6.45) is 14.9. The molecule has 32 heavy (non-hydrogen) atoms. The Morgan fingerprint density at radius 3 is 2.69 bits per heavy atom. The molecule has 3 fully saturated rings. The minimum absolute atomic E-state index is 0.0838. The van der Waals surface area contributed by atoms with Gasteiger partial charge < -0.3 is 5.11 Å². The van der Waals surface area contributed by atoms with Gasteiger partial charge in [-0.15, -0.1) is 0 Å². The molecule has 5 rings (SSSR count). The Kier molecular flexibility index (Phi) is 5.51. The van der Waals surface area contributed by atoms with E-state index in [1.165, 1.54) is 37.7 Å². The summed E-state index contributed by atoms with van der Waals surface area (Å²) in [5, 5.41) is 14.8. The highest BCUT2D eigenvalue weighted by atomic mass is 16.3. The van der Waals surface area contributed by atoms with E-state index in [9.17, 15) is 9.90 Å². The quantitative estimate of drug-likeness (QED) is 0.511. The van der Waals surface area contributed by atoms with Gasteiger partial charge >= 0.3 is 0 Å². The van der Waals surface area contributed by atoms with Crippen molar-refractivity contribution in [3.05, 3.63) is 41.7 Å². The van der Waals surface area contributed by atoms with Gasteiger partial charge in [-0.3, -0.25) is 9.78 Å². The van der Waals surface area contributed by atoms with Crippen molar-refractivity contribution in [2.24, 2.45) is 39.6 Å². The first-order valence-electron chi connectivity index (χ1n) is 12.5. The number of nitrogens with zero attached hydrogens (tertiary/aromatic N) is 2. The molecule has 0 aliphatic heterocycles. The van der Waals surface area contributed by atoms with Crippen molar-refractivity contribution in [1.82, 2.24) is 10.4 Å². The number of aliphatic hydroxyl groups excluding tert-OH is 1. The van der Waals surface area contributed by atoms with Crippen LogP contribution in [0.4, 0.5) is 0 Å². The lowest BCUT2D eigenvalue weighted by Gasteiger charge is -2.60. The lowest BCUT2D eigenvalue weighted by Crippen LogP contribution is -2.53. The van der Waals surface area contributed by atoms with Gasteiger partial charge in [-0.1, -0.05) is 19.9 Å². The summed E-state index contributed by atoms with van der Waals surface area (Å²) in [6.45, 7) is 7.02. The Labute approximate surface area is 191 Å². The van der Waals surface area contributed by atoms with Gasteiger partial charge in [0.15, 0.2) is 0 Å². The number of amides is 1. The normalized spacial score (nSPS) is 41.2. The lowest BCUT2D eigenvalue weighted by atomic mass is 9.44. The Balaban J connectivity index is 1.32. The third-order valence-corrected chi connectivity index (χ3v) is 9.88. The van der Waals surface area contributed by atoms with Crippen molar-refractivity contribution in [3.8, 4) is 0 Å². The Bertz CT molecular complexity index is 941. The van der Waals surface area contributed by atoms with Gasteiger partial charge in [-0.2, -0.15) is 5.10 Å². The Hall–Kier alpha value is -2.01. The van der Waals surface area contributed by atoms with E-state index < -0.39 is 0 Å². The number of aliphatic hydroxyl groups is 1. The molecule has 4 aliphatic carbocycles. The maximum absolute atomic E-state index is 12.4. The highest BCUT2D eigenvalue weighted by Crippen LogP contribution is 2.66. The second kappa shape index (κ2) is 8.09. The average Bonchev–Trinajstić information content (AvgIpc) is 3.15. The summed E-state index contributed by atoms with van der Waals surface area (Å²) >= 11 is 0. The van der Waals surface area contributed by atoms with E-state index in [2.05, 4.69) is 35.4 Å². The summed E-state index contributed by atoms with van der Waals surface area (Å²) in [4.78, 5) is 16.4. The lowest BCUT2D eigenvalue weighted by molar-refractivity contribution is -0.117. The third-order valence-electron chi connectivity index (χ3n) is 9.88. The number of rotatable bonds is 3. The predicted octanol–water partition coefficient (Wildman–Crippen LogP) is 5.13. The predicted molar refractivity (Wildman–Crippen MR) is 126 cm³/mol. The van der Waals surface area contributed by atoms with Crippen molar-refractivity contribution in [2.45, 2.75) is 78.2 Å². The zero-order chi connectivity index (χ0) is 22.5. The van der Waals surface area contributed by atoms with Crippen molar-refractivity contribution in [1.29, 1.82) is 0 Å². The van der Waals surface area contributed by atoms with Crippen molar-refractivity contribution in [3.63, 3.8) is 0 Å². The van der Waals surface area contributed by atoms with Gasteiger partial charge in [0.05, 0.1) is 11.8 Å². The molecular weight excluding hydrogens is 398 g/mol. The molecular formula is C27H37N3O2. The summed E-state index contributed by atoms with van der Waals surface area (Å²) in [6, 6.07) is 3.41. The van der Waals surface area contributed by atoms with Crippen molar-refractivity contribution >= 4 is 11.6 Å². The molecule has 1 aromatic rings. The van der Waals surface area contributed by atoms with Crippen LogP contribution >= 0.6 is 0 Å². The molecule has 1 amide bonds. The van der Waals surface area contributed by atoms with Crippen LogP contribution in [0.3, 0.4) is 0 Å². The largest absolute Gasteiger partial charge is 0.393 e. The standard InChI is InChI=1S/C27H37N3O2/c1-17(29-30-25(32)18-10-14-28-15-11-18)22-6-7-23-21-5-4-19-16-20(31)8-12-26(19,2)24(21)9-13-27(22,23)3/h6,10-11,14-15,19-21,23-24,31H,4-5,7-9,12-13,16H2,1-3H3,(H,30,32)/b29-17-. The van der Waals surface area contributed by atoms with Crippen LogP contribution in [-0.2, 0) is 0 Å². The van der Waals surface area contributed by atoms with Gasteiger partial charge in [0.2, 0.25) is 0 Å². The fourth-order valence-electron chi connectivity index (χ4n) is 8.13. The van der Waals surface area contributed by atoms with Gasteiger partial charge in [-0.25, -0.2) is 5.43 Å². The number of pyridine rings is 1. The zero-order valence-electron chi connectivity index (χ0n) is 19.7. The summed E-state index contributed by atoms with van der Waals surface area (Å²) in [7, 11) is 0. The van der Waals surface area contributed by atoms with Crippen LogP contribution in [0, 0.1) is 34.5 Å². The van der Waals surface area contributed by atoms with Gasteiger partial charge in [0, 0.05) is 18.0 Å². The molecule has 172 valence electrons. The highest BCUT2D eigenvalue weighted by molar-refractivity contribution is 6.01. The van der Waals surface area contributed by atoms with Crippen LogP contribution in [0.15, 0.2) is 41.3 Å². The van der Waals surface area contributed by atoms with E-state index in [4.69, 9.17) is 0 Å². The monoisotopic (exact) mass is 435 g/mol. The number of hydrogen-bond donors (Lipinski definition) is 2. The molecule has 5 heteroatoms. The number of nitrogens with one attached hydrogen (secondary N) is 1. The summed E-state index contributed by atoms with van der Waals surface area (Å²) < 4.78 is 0. The highest BCUT2D eigenvalue weighted by Gasteiger charge is 2.58. The van der Waals surface area contributed by atoms with E-state index in [-0.39, 0.29) is 17.4 Å². The second-order valence-electron chi connectivity index (χ2n) is 11.3. The number of allylic oxidation sites excluding steroid dienone is 2. The number of carbonyl (C=O) groups excluding carboxylic acids is 1. The average molecular weight is 436 g/mol. The molecule has 0 bridgehead atoms. The van der Waals surface area contributed by atoms with E-state index in [1.807, 2.05) is 6.92 Å². The summed E-state index contributed by atoms with van der Waals surface area (Å²) in [5.41, 5.74) is 6.14. The molecule has 7 atom stereocenters. The first-order valence-corrected chi connectivity index (χ1v) is 12.5. The molecule has 0 spiro atoms. The van der Waals surface area contributed by atoms with E-state index in [0.29, 0.717) is 22.8 Å². The molecule has 7 unspecified atom stereocenters. The molecule has 0 saturated heterocycles. The minimum atomic E-state index is -0.193. The smallest absolute Gasteiger partial charge is 0.271 e. The number of aromatic nitrogens is 1. The van der Waals surface area contributed by atoms with E-state index in [0.717, 1.165) is 36.8 Å². The molecule has 1 heterocycles. The van der Waals surface area contributed by atoms with E-state index >= 15 is 0 Å². The Morgan fingerprint density at radius 2 is 1.91 bits per heavy atom. The maximum Gasteiger partial charge on any atom is 0.271 e. The third kappa shape index (κ3) is 3.44. The molecule has 4 aliphatic rings. The number of hydrogen-bond acceptors (Lipinski definition) is 4. The van der Waals surface area contributed by atoms with Crippen molar-refractivity contribution in [2.75, 3.05) is 0 Å². The van der Waals surface area contributed by atoms with Crippen LogP contribution in [-0.4, -0.2) is 27.8 Å². The van der Waals surface area contributed by atoms with Crippen LogP contribution in [0.2, 0.25) is 0 Å². The maximum atomic E-state index is 12.4. The topological polar surface area (TPSA) is 74.6 Å². The SMILES string of the molecule is C/C(=N/NC(=O)c1ccncc1)C1=CCC2C3CCC4CC(O)CCC4(C)C3CCC12C. The number of hydrazone groups is 1. The van der Waals surface area contributed by atoms with Crippen LogP contribution in [0.1, 0.15) is 82.5 Å². The van der Waals surface area contributed by atoms with E-state index in [1.54, 1.807) is 24.5 Å². The molecule has 0 aromatic carbocycles. The van der Waals surface area contributed by atoms with Crippen LogP contribution in [0.5, 0.6) is 0 Å². The fraction of sp³-hybridized carbons (Fsp3) is 0.667. The molecule has 2 N–H and O–H groups in total. The number of carbonyl (C=O) groups is 1. The Morgan fingerprint density at radius 1 is 1.12 bits per heavy atom. The van der Waals surface area contributed by atoms with Crippen molar-refractivity contribution < 1.29 is 9.90 Å². The molecule has 1 aromatic heterocycles. The minimum Gasteiger partial charge on any atom is -0.393 e. The molecule has 5 nitrogen and oxygen atoms in total. The van der Waals surface area contributed by atoms with Crippen LogP contribution < -0.4 is 5.43 Å². The first kappa shape index (κ1) is 21.8. The second-order valence-corrected chi connectivity index (χ2v) is 11.3.